The van der Waals surface area contributed by atoms with E-state index in [4.69, 9.17) is 10.5 Å². The molecule has 32 heavy (non-hydrogen) atoms. The highest BCUT2D eigenvalue weighted by Crippen LogP contribution is 2.35. The van der Waals surface area contributed by atoms with E-state index in [1.165, 1.54) is 57.8 Å². The summed E-state index contributed by atoms with van der Waals surface area (Å²) in [6, 6.07) is 14.8. The molecule has 0 radical (unpaired) electrons. The summed E-state index contributed by atoms with van der Waals surface area (Å²) in [4.78, 5) is 12.5. The third kappa shape index (κ3) is 6.75. The van der Waals surface area contributed by atoms with E-state index in [1.54, 1.807) is 12.1 Å². The van der Waals surface area contributed by atoms with Gasteiger partial charge in [-0.15, -0.1) is 0 Å². The number of benzene rings is 2. The molecule has 2 atom stereocenters. The number of para-hydroxylation sites is 2. The number of carbonyl (C=O) groups excluding carboxylic acids is 1. The van der Waals surface area contributed by atoms with Crippen molar-refractivity contribution < 1.29 is 9.53 Å². The third-order valence-corrected chi connectivity index (χ3v) is 7.06. The second-order valence-electron chi connectivity index (χ2n) is 9.42. The van der Waals surface area contributed by atoms with Crippen LogP contribution in [0, 0.1) is 11.8 Å². The van der Waals surface area contributed by atoms with Crippen molar-refractivity contribution in [1.82, 2.24) is 0 Å². The predicted octanol–water partition coefficient (Wildman–Crippen LogP) is 7.46. The number of anilines is 2. The standard InChI is InChI=1S/C27H36N2O2.CH4/c28-25-11-4-5-12-26(25)29-27(30)22-14-17-24(18-15-22)31-23-10-6-9-21(13-16-23)19-20-7-2-1-3-8-20;/h4-5,11-12,14-15,17-18,20-21,23H,1-3,6-10,13,16,19,28H2,(H,29,30);1H4/t21?,23-;/m1./s1. The van der Waals surface area contributed by atoms with Gasteiger partial charge in [0.25, 0.3) is 5.91 Å². The van der Waals surface area contributed by atoms with E-state index in [9.17, 15) is 4.79 Å². The number of carbonyl (C=O) groups is 1. The molecule has 4 rings (SSSR count). The maximum Gasteiger partial charge on any atom is 0.255 e. The number of ether oxygens (including phenoxy) is 1. The van der Waals surface area contributed by atoms with Gasteiger partial charge >= 0.3 is 0 Å². The molecule has 2 saturated carbocycles. The van der Waals surface area contributed by atoms with Crippen LogP contribution in [0.3, 0.4) is 0 Å². The molecule has 174 valence electrons. The highest BCUT2D eigenvalue weighted by molar-refractivity contribution is 6.05. The Bertz CT molecular complexity index is 843. The van der Waals surface area contributed by atoms with E-state index in [-0.39, 0.29) is 13.3 Å². The van der Waals surface area contributed by atoms with Crippen LogP contribution in [0.4, 0.5) is 11.4 Å². The summed E-state index contributed by atoms with van der Waals surface area (Å²) >= 11 is 0. The summed E-state index contributed by atoms with van der Waals surface area (Å²) in [5, 5.41) is 2.87. The normalized spacial score (nSPS) is 21.8. The van der Waals surface area contributed by atoms with Gasteiger partial charge in [0.2, 0.25) is 0 Å². The van der Waals surface area contributed by atoms with E-state index in [1.807, 2.05) is 36.4 Å². The van der Waals surface area contributed by atoms with Crippen molar-refractivity contribution in [3.8, 4) is 5.75 Å². The maximum absolute atomic E-state index is 12.5. The Morgan fingerprint density at radius 1 is 0.844 bits per heavy atom. The molecular weight excluding hydrogens is 396 g/mol. The summed E-state index contributed by atoms with van der Waals surface area (Å²) in [5.41, 5.74) is 7.71. The molecule has 2 fully saturated rings. The van der Waals surface area contributed by atoms with Crippen LogP contribution in [0.15, 0.2) is 48.5 Å². The molecule has 4 heteroatoms. The van der Waals surface area contributed by atoms with Gasteiger partial charge in [-0.1, -0.05) is 58.1 Å². The topological polar surface area (TPSA) is 64.3 Å². The van der Waals surface area contributed by atoms with Crippen LogP contribution in [0.1, 0.15) is 88.4 Å². The lowest BCUT2D eigenvalue weighted by Gasteiger charge is -2.26. The molecule has 0 bridgehead atoms. The summed E-state index contributed by atoms with van der Waals surface area (Å²) in [5.74, 6) is 2.55. The Kier molecular flexibility index (Phi) is 9.01. The first kappa shape index (κ1) is 24.2. The highest BCUT2D eigenvalue weighted by Gasteiger charge is 2.24. The monoisotopic (exact) mass is 436 g/mol. The van der Waals surface area contributed by atoms with Gasteiger partial charge in [0.05, 0.1) is 17.5 Å². The Morgan fingerprint density at radius 3 is 2.28 bits per heavy atom. The molecule has 2 aliphatic rings. The lowest BCUT2D eigenvalue weighted by atomic mass is 9.80. The highest BCUT2D eigenvalue weighted by atomic mass is 16.5. The lowest BCUT2D eigenvalue weighted by Crippen LogP contribution is -2.16. The van der Waals surface area contributed by atoms with Gasteiger partial charge in [0, 0.05) is 5.56 Å². The first-order valence-electron chi connectivity index (χ1n) is 12.1. The molecule has 1 amide bonds. The number of nitrogens with two attached hydrogens (primary N) is 1. The summed E-state index contributed by atoms with van der Waals surface area (Å²) in [6.45, 7) is 0. The summed E-state index contributed by atoms with van der Waals surface area (Å²) in [6.07, 6.45) is 15.1. The van der Waals surface area contributed by atoms with Crippen molar-refractivity contribution in [3.63, 3.8) is 0 Å². The lowest BCUT2D eigenvalue weighted by molar-refractivity contribution is 0.102. The molecule has 0 spiro atoms. The number of hydrogen-bond acceptors (Lipinski definition) is 3. The van der Waals surface area contributed by atoms with Crippen molar-refractivity contribution in [2.24, 2.45) is 11.8 Å². The van der Waals surface area contributed by atoms with Crippen LogP contribution in [-0.4, -0.2) is 12.0 Å². The molecule has 2 aromatic carbocycles. The van der Waals surface area contributed by atoms with E-state index < -0.39 is 0 Å². The molecule has 2 aliphatic carbocycles. The van der Waals surface area contributed by atoms with Gasteiger partial charge in [-0.25, -0.2) is 0 Å². The maximum atomic E-state index is 12.5. The van der Waals surface area contributed by atoms with Gasteiger partial charge in [0.1, 0.15) is 5.75 Å². The van der Waals surface area contributed by atoms with Crippen LogP contribution in [0.5, 0.6) is 5.75 Å². The zero-order valence-electron chi connectivity index (χ0n) is 18.5. The fourth-order valence-electron chi connectivity index (χ4n) is 5.27. The third-order valence-electron chi connectivity index (χ3n) is 7.06. The molecule has 4 nitrogen and oxygen atoms in total. The van der Waals surface area contributed by atoms with Crippen molar-refractivity contribution >= 4 is 17.3 Å². The van der Waals surface area contributed by atoms with Crippen LogP contribution in [-0.2, 0) is 0 Å². The quantitative estimate of drug-likeness (QED) is 0.365. The minimum absolute atomic E-state index is 0. The van der Waals surface area contributed by atoms with Gasteiger partial charge in [0.15, 0.2) is 0 Å². The second kappa shape index (κ2) is 11.9. The van der Waals surface area contributed by atoms with Gasteiger partial charge in [-0.3, -0.25) is 4.79 Å². The summed E-state index contributed by atoms with van der Waals surface area (Å²) < 4.78 is 6.29. The van der Waals surface area contributed by atoms with Crippen molar-refractivity contribution in [2.75, 3.05) is 11.1 Å². The van der Waals surface area contributed by atoms with E-state index in [0.717, 1.165) is 30.4 Å². The molecule has 0 saturated heterocycles. The van der Waals surface area contributed by atoms with Crippen LogP contribution >= 0.6 is 0 Å². The first-order valence-corrected chi connectivity index (χ1v) is 12.1. The van der Waals surface area contributed by atoms with E-state index in [2.05, 4.69) is 5.32 Å². The smallest absolute Gasteiger partial charge is 0.255 e. The molecular formula is C28H40N2O2. The average Bonchev–Trinajstić information content (AvgIpc) is 3.01. The molecule has 0 heterocycles. The Labute approximate surface area is 193 Å². The fourth-order valence-corrected chi connectivity index (χ4v) is 5.27. The van der Waals surface area contributed by atoms with Crippen molar-refractivity contribution in [3.05, 3.63) is 54.1 Å². The molecule has 0 aromatic heterocycles. The summed E-state index contributed by atoms with van der Waals surface area (Å²) in [7, 11) is 0. The average molecular weight is 437 g/mol. The fraction of sp³-hybridized carbons (Fsp3) is 0.536. The largest absolute Gasteiger partial charge is 0.490 e. The van der Waals surface area contributed by atoms with Crippen LogP contribution in [0.25, 0.3) is 0 Å². The molecule has 3 N–H and O–H groups in total. The number of nitrogen functional groups attached to an aromatic ring is 1. The predicted molar refractivity (Wildman–Crippen MR) is 134 cm³/mol. The van der Waals surface area contributed by atoms with E-state index >= 15 is 0 Å². The zero-order chi connectivity index (χ0) is 21.5. The first-order chi connectivity index (χ1) is 15.2. The molecule has 2 aromatic rings. The minimum atomic E-state index is -0.163. The Hall–Kier alpha value is -2.49. The van der Waals surface area contributed by atoms with Gasteiger partial charge in [-0.05, 0) is 80.3 Å². The minimum Gasteiger partial charge on any atom is -0.490 e. The Morgan fingerprint density at radius 2 is 1.53 bits per heavy atom. The molecule has 1 unspecified atom stereocenters. The Balaban J connectivity index is 0.00000289. The van der Waals surface area contributed by atoms with E-state index in [0.29, 0.717) is 23.0 Å². The number of amides is 1. The van der Waals surface area contributed by atoms with Crippen molar-refractivity contribution in [1.29, 1.82) is 0 Å². The second-order valence-corrected chi connectivity index (χ2v) is 9.42. The van der Waals surface area contributed by atoms with Crippen LogP contribution < -0.4 is 15.8 Å². The van der Waals surface area contributed by atoms with Gasteiger partial charge < -0.3 is 15.8 Å². The zero-order valence-corrected chi connectivity index (χ0v) is 18.5. The number of hydrogen-bond donors (Lipinski definition) is 2. The number of rotatable bonds is 6. The number of nitrogens with one attached hydrogen (secondary N) is 1. The van der Waals surface area contributed by atoms with Gasteiger partial charge in [-0.2, -0.15) is 0 Å². The molecule has 0 aliphatic heterocycles. The SMILES string of the molecule is C.Nc1ccccc1NC(=O)c1ccc(O[C@@H]2CCCC(CC3CCCCC3)CC2)cc1. The van der Waals surface area contributed by atoms with Crippen LogP contribution in [0.2, 0.25) is 0 Å². The van der Waals surface area contributed by atoms with Crippen molar-refractivity contribution in [2.45, 2.75) is 84.2 Å².